The number of hydrogen-bond acceptors (Lipinski definition) is 6. The quantitative estimate of drug-likeness (QED) is 0.445. The van der Waals surface area contributed by atoms with Gasteiger partial charge in [0.15, 0.2) is 5.60 Å². The van der Waals surface area contributed by atoms with Crippen molar-refractivity contribution in [3.05, 3.63) is 88.8 Å². The average Bonchev–Trinajstić information content (AvgIpc) is 3.84. The zero-order valence-electron chi connectivity index (χ0n) is 23.5. The smallest absolute Gasteiger partial charge is 0.238 e. The zero-order chi connectivity index (χ0) is 28.3. The van der Waals surface area contributed by atoms with Crippen molar-refractivity contribution < 1.29 is 13.9 Å². The molecule has 1 fully saturated rings. The van der Waals surface area contributed by atoms with E-state index in [2.05, 4.69) is 48.7 Å². The highest BCUT2D eigenvalue weighted by Crippen LogP contribution is 2.45. The summed E-state index contributed by atoms with van der Waals surface area (Å²) in [5.74, 6) is 0.486. The Labute approximate surface area is 235 Å². The van der Waals surface area contributed by atoms with Crippen molar-refractivity contribution in [3.8, 4) is 0 Å². The Hall–Kier alpha value is -3.62. The lowest BCUT2D eigenvalue weighted by Gasteiger charge is -2.21. The molecule has 3 heterocycles. The van der Waals surface area contributed by atoms with Crippen LogP contribution in [0.2, 0.25) is 0 Å². The summed E-state index contributed by atoms with van der Waals surface area (Å²) in [5, 5.41) is 3.52. The highest BCUT2D eigenvalue weighted by molar-refractivity contribution is 6.18. The lowest BCUT2D eigenvalue weighted by atomic mass is 9.89. The van der Waals surface area contributed by atoms with Crippen molar-refractivity contribution in [3.63, 3.8) is 0 Å². The van der Waals surface area contributed by atoms with Gasteiger partial charge in [-0.25, -0.2) is 4.39 Å². The molecular formula is C32H38FN5O2. The fourth-order valence-electron chi connectivity index (χ4n) is 5.38. The van der Waals surface area contributed by atoms with Crippen LogP contribution >= 0.6 is 0 Å². The molecule has 2 aromatic carbocycles. The SMILES string of the molecule is Cc1ccccc1C1=CC=C(C2(C3=NC3CCC(N)C(=O)N(C)C)CO2)C(NCCc2cccc(F)c2)=NCC1. The Morgan fingerprint density at radius 3 is 2.75 bits per heavy atom. The molecule has 3 atom stereocenters. The van der Waals surface area contributed by atoms with Gasteiger partial charge in [-0.05, 0) is 67.0 Å². The minimum Gasteiger partial charge on any atom is -0.370 e. The van der Waals surface area contributed by atoms with E-state index in [0.717, 1.165) is 29.1 Å². The normalized spacial score (nSPS) is 22.6. The van der Waals surface area contributed by atoms with Gasteiger partial charge < -0.3 is 20.7 Å². The van der Waals surface area contributed by atoms with E-state index in [-0.39, 0.29) is 17.8 Å². The number of aryl methyl sites for hydroxylation is 1. The minimum absolute atomic E-state index is 0.0169. The maximum absolute atomic E-state index is 13.7. The van der Waals surface area contributed by atoms with Crippen molar-refractivity contribution in [2.75, 3.05) is 33.8 Å². The molecule has 1 saturated heterocycles. The maximum atomic E-state index is 13.7. The number of ether oxygens (including phenoxy) is 1. The van der Waals surface area contributed by atoms with Gasteiger partial charge in [0.25, 0.3) is 0 Å². The standard InChI is InChI=1S/C32H38FN5O2/c1-21-7-4-5-10-25(21)23-11-12-26(30(36-18-16-23)35-17-15-22-8-6-9-24(33)19-22)32(20-40-32)29-28(37-29)14-13-27(34)31(39)38(2)3/h4-12,19,27-28H,13-18,20,34H2,1-3H3,(H,35,36). The number of allylic oxidation sites excluding steroid dienone is 2. The van der Waals surface area contributed by atoms with Crippen LogP contribution in [0.1, 0.15) is 36.0 Å². The van der Waals surface area contributed by atoms with Crippen molar-refractivity contribution in [2.24, 2.45) is 15.7 Å². The van der Waals surface area contributed by atoms with Crippen LogP contribution in [0.3, 0.4) is 0 Å². The fraction of sp³-hybridized carbons (Fsp3) is 0.406. The van der Waals surface area contributed by atoms with Crippen molar-refractivity contribution in [2.45, 2.75) is 50.3 Å². The van der Waals surface area contributed by atoms with E-state index in [1.54, 1.807) is 26.2 Å². The molecule has 3 N–H and O–H groups in total. The van der Waals surface area contributed by atoms with Crippen LogP contribution in [-0.4, -0.2) is 73.8 Å². The van der Waals surface area contributed by atoms with Gasteiger partial charge >= 0.3 is 0 Å². The first kappa shape index (κ1) is 27.9. The number of nitrogens with two attached hydrogens (primary N) is 1. The molecule has 210 valence electrons. The number of halogens is 1. The van der Waals surface area contributed by atoms with Crippen LogP contribution < -0.4 is 11.1 Å². The van der Waals surface area contributed by atoms with Crippen LogP contribution in [0, 0.1) is 12.7 Å². The number of rotatable bonds is 10. The van der Waals surface area contributed by atoms with Crippen molar-refractivity contribution in [1.82, 2.24) is 10.2 Å². The third-order valence-electron chi connectivity index (χ3n) is 7.78. The summed E-state index contributed by atoms with van der Waals surface area (Å²) in [6.45, 7) is 3.91. The van der Waals surface area contributed by atoms with Crippen LogP contribution in [0.25, 0.3) is 5.57 Å². The van der Waals surface area contributed by atoms with Gasteiger partial charge in [-0.3, -0.25) is 14.8 Å². The second-order valence-electron chi connectivity index (χ2n) is 10.9. The highest BCUT2D eigenvalue weighted by atomic mass is 19.1. The van der Waals surface area contributed by atoms with Gasteiger partial charge in [0.1, 0.15) is 11.7 Å². The Kier molecular flexibility index (Phi) is 8.28. The van der Waals surface area contributed by atoms with Gasteiger partial charge in [-0.2, -0.15) is 0 Å². The van der Waals surface area contributed by atoms with E-state index in [1.165, 1.54) is 27.7 Å². The Morgan fingerprint density at radius 2 is 2.02 bits per heavy atom. The summed E-state index contributed by atoms with van der Waals surface area (Å²) < 4.78 is 19.8. The summed E-state index contributed by atoms with van der Waals surface area (Å²) in [6.07, 6.45) is 7.07. The van der Waals surface area contributed by atoms with Crippen molar-refractivity contribution in [1.29, 1.82) is 0 Å². The maximum Gasteiger partial charge on any atom is 0.238 e. The largest absolute Gasteiger partial charge is 0.370 e. The number of carbonyl (C=O) groups is 1. The first-order chi connectivity index (χ1) is 19.3. The Bertz CT molecular complexity index is 1390. The third-order valence-corrected chi connectivity index (χ3v) is 7.78. The van der Waals surface area contributed by atoms with E-state index in [4.69, 9.17) is 20.5 Å². The second kappa shape index (κ2) is 11.9. The van der Waals surface area contributed by atoms with Crippen LogP contribution in [0.15, 0.2) is 76.2 Å². The molecule has 1 amide bonds. The molecule has 40 heavy (non-hydrogen) atoms. The first-order valence-corrected chi connectivity index (χ1v) is 14.0. The number of nitrogens with zero attached hydrogens (tertiary/aromatic N) is 3. The molecular weight excluding hydrogens is 505 g/mol. The summed E-state index contributed by atoms with van der Waals surface area (Å²) in [7, 11) is 3.44. The molecule has 5 rings (SSSR count). The lowest BCUT2D eigenvalue weighted by Crippen LogP contribution is -2.40. The summed E-state index contributed by atoms with van der Waals surface area (Å²) >= 11 is 0. The lowest BCUT2D eigenvalue weighted by molar-refractivity contribution is -0.130. The molecule has 3 aliphatic heterocycles. The van der Waals surface area contributed by atoms with E-state index in [1.807, 2.05) is 6.07 Å². The number of amides is 1. The third kappa shape index (κ3) is 6.24. The summed E-state index contributed by atoms with van der Waals surface area (Å²) in [4.78, 5) is 23.5. The number of carbonyl (C=O) groups excluding carboxylic acids is 1. The number of amidine groups is 1. The number of nitrogens with one attached hydrogen (secondary N) is 1. The topological polar surface area (TPSA) is 95.6 Å². The molecule has 0 spiro atoms. The minimum atomic E-state index is -0.615. The second-order valence-corrected chi connectivity index (χ2v) is 10.9. The number of benzene rings is 2. The van der Waals surface area contributed by atoms with Crippen LogP contribution in [0.5, 0.6) is 0 Å². The summed E-state index contributed by atoms with van der Waals surface area (Å²) in [5.41, 5.74) is 12.1. The molecule has 0 radical (unpaired) electrons. The van der Waals surface area contributed by atoms with Crippen LogP contribution in [-0.2, 0) is 16.0 Å². The first-order valence-electron chi connectivity index (χ1n) is 14.0. The predicted octanol–water partition coefficient (Wildman–Crippen LogP) is 3.87. The monoisotopic (exact) mass is 543 g/mol. The predicted molar refractivity (Wildman–Crippen MR) is 158 cm³/mol. The van der Waals surface area contributed by atoms with E-state index < -0.39 is 11.6 Å². The van der Waals surface area contributed by atoms with E-state index in [9.17, 15) is 9.18 Å². The molecule has 3 unspecified atom stereocenters. The molecule has 0 aliphatic carbocycles. The van der Waals surface area contributed by atoms with Gasteiger partial charge in [0.2, 0.25) is 5.91 Å². The Morgan fingerprint density at radius 1 is 1.23 bits per heavy atom. The van der Waals surface area contributed by atoms with Gasteiger partial charge in [0.05, 0.1) is 24.4 Å². The van der Waals surface area contributed by atoms with E-state index >= 15 is 0 Å². The Balaban J connectivity index is 1.35. The molecule has 0 bridgehead atoms. The zero-order valence-corrected chi connectivity index (χ0v) is 23.5. The number of epoxide rings is 1. The summed E-state index contributed by atoms with van der Waals surface area (Å²) in [6, 6.07) is 14.6. The number of hydrogen-bond donors (Lipinski definition) is 2. The molecule has 2 aromatic rings. The van der Waals surface area contributed by atoms with E-state index in [0.29, 0.717) is 39.0 Å². The van der Waals surface area contributed by atoms with Gasteiger partial charge in [-0.15, -0.1) is 0 Å². The average molecular weight is 544 g/mol. The number of aliphatic imine (C=N–C) groups is 2. The number of likely N-dealkylation sites (N-methyl/N-ethyl adjacent to an activating group) is 1. The van der Waals surface area contributed by atoms with Crippen LogP contribution in [0.4, 0.5) is 4.39 Å². The fourth-order valence-corrected chi connectivity index (χ4v) is 5.38. The van der Waals surface area contributed by atoms with Gasteiger partial charge in [-0.1, -0.05) is 48.6 Å². The van der Waals surface area contributed by atoms with Crippen molar-refractivity contribution >= 4 is 23.0 Å². The molecule has 8 heteroatoms. The van der Waals surface area contributed by atoms with Gasteiger partial charge in [0, 0.05) is 32.8 Å². The highest BCUT2D eigenvalue weighted by Gasteiger charge is 2.60. The molecule has 0 aromatic heterocycles. The molecule has 0 saturated carbocycles. The molecule has 7 nitrogen and oxygen atoms in total. The molecule has 3 aliphatic rings.